The Bertz CT molecular complexity index is 1420. The molecule has 6 nitrogen and oxygen atoms in total. The van der Waals surface area contributed by atoms with Gasteiger partial charge in [0.25, 0.3) is 15.9 Å². The second kappa shape index (κ2) is 8.51. The fourth-order valence-electron chi connectivity index (χ4n) is 3.92. The molecule has 0 radical (unpaired) electrons. The van der Waals surface area contributed by atoms with Gasteiger partial charge in [-0.25, -0.2) is 13.1 Å². The molecule has 4 rings (SSSR count). The number of para-hydroxylation sites is 1. The van der Waals surface area contributed by atoms with Crippen molar-refractivity contribution in [3.05, 3.63) is 95.2 Å². The number of sulfonamides is 1. The highest BCUT2D eigenvalue weighted by atomic mass is 32.2. The van der Waals surface area contributed by atoms with Crippen LogP contribution >= 0.6 is 0 Å². The summed E-state index contributed by atoms with van der Waals surface area (Å²) in [7, 11) is -0.573. The van der Waals surface area contributed by atoms with E-state index in [1.807, 2.05) is 25.2 Å². The zero-order valence-corrected chi connectivity index (χ0v) is 18.9. The zero-order chi connectivity index (χ0) is 22.9. The van der Waals surface area contributed by atoms with Crippen molar-refractivity contribution in [1.82, 2.24) is 9.29 Å². The fourth-order valence-corrected chi connectivity index (χ4v) is 5.13. The van der Waals surface area contributed by atoms with E-state index in [1.54, 1.807) is 37.3 Å². The molecule has 0 saturated carbocycles. The molecule has 0 spiro atoms. The first-order valence-electron chi connectivity index (χ1n) is 10.1. The molecular formula is C25H24N2O4S. The predicted octanol–water partition coefficient (Wildman–Crippen LogP) is 4.20. The molecule has 0 aliphatic carbocycles. The molecule has 7 heteroatoms. The quantitative estimate of drug-likeness (QED) is 0.479. The number of hydrogen-bond acceptors (Lipinski definition) is 4. The van der Waals surface area contributed by atoms with Gasteiger partial charge in [0.05, 0.1) is 17.6 Å². The lowest BCUT2D eigenvalue weighted by Crippen LogP contribution is -2.31. The number of methoxy groups -OCH3 is 1. The summed E-state index contributed by atoms with van der Waals surface area (Å²) in [6, 6.07) is 19.9. The van der Waals surface area contributed by atoms with Crippen LogP contribution in [0, 0.1) is 6.92 Å². The first-order valence-corrected chi connectivity index (χ1v) is 11.6. The Hall–Kier alpha value is -3.58. The van der Waals surface area contributed by atoms with Crippen molar-refractivity contribution < 1.29 is 17.9 Å². The molecule has 0 saturated heterocycles. The maximum atomic E-state index is 13.0. The summed E-state index contributed by atoms with van der Waals surface area (Å²) >= 11 is 0. The second-order valence-electron chi connectivity index (χ2n) is 7.69. The van der Waals surface area contributed by atoms with Crippen molar-refractivity contribution in [3.8, 4) is 5.75 Å². The van der Waals surface area contributed by atoms with Crippen LogP contribution in [0.15, 0.2) is 77.8 Å². The fraction of sp³-hybridized carbons (Fsp3) is 0.160. The molecular weight excluding hydrogens is 424 g/mol. The van der Waals surface area contributed by atoms with Crippen LogP contribution in [0.1, 0.15) is 27.0 Å². The Kier molecular flexibility index (Phi) is 5.76. The number of ether oxygens (including phenoxy) is 1. The van der Waals surface area contributed by atoms with E-state index in [0.717, 1.165) is 22.0 Å². The molecule has 32 heavy (non-hydrogen) atoms. The number of amides is 1. The van der Waals surface area contributed by atoms with Crippen molar-refractivity contribution in [2.24, 2.45) is 7.05 Å². The molecule has 164 valence electrons. The third-order valence-electron chi connectivity index (χ3n) is 5.49. The number of hydrogen-bond donors (Lipinski definition) is 1. The van der Waals surface area contributed by atoms with Gasteiger partial charge in [-0.1, -0.05) is 42.5 Å². The van der Waals surface area contributed by atoms with Gasteiger partial charge in [0, 0.05) is 24.1 Å². The van der Waals surface area contributed by atoms with Crippen molar-refractivity contribution in [3.63, 3.8) is 0 Å². The van der Waals surface area contributed by atoms with Crippen LogP contribution in [0.4, 0.5) is 0 Å². The molecule has 1 amide bonds. The number of fused-ring (bicyclic) bond motifs is 1. The Morgan fingerprint density at radius 3 is 2.50 bits per heavy atom. The number of nitrogens with one attached hydrogen (secondary N) is 1. The lowest BCUT2D eigenvalue weighted by atomic mass is 10.0. The topological polar surface area (TPSA) is 77.4 Å². The Labute approximate surface area is 187 Å². The van der Waals surface area contributed by atoms with E-state index in [4.69, 9.17) is 4.74 Å². The van der Waals surface area contributed by atoms with Gasteiger partial charge in [0.1, 0.15) is 5.75 Å². The maximum absolute atomic E-state index is 13.0. The van der Waals surface area contributed by atoms with Crippen LogP contribution < -0.4 is 9.46 Å². The van der Waals surface area contributed by atoms with Crippen molar-refractivity contribution in [1.29, 1.82) is 0 Å². The van der Waals surface area contributed by atoms with Gasteiger partial charge in [0.15, 0.2) is 0 Å². The first kappa shape index (κ1) is 21.6. The van der Waals surface area contributed by atoms with Crippen LogP contribution in [0.2, 0.25) is 0 Å². The number of carbonyl (C=O) groups is 1. The maximum Gasteiger partial charge on any atom is 0.268 e. The highest BCUT2D eigenvalue weighted by molar-refractivity contribution is 7.90. The van der Waals surface area contributed by atoms with E-state index in [0.29, 0.717) is 17.7 Å². The van der Waals surface area contributed by atoms with Crippen LogP contribution in [0.25, 0.3) is 10.9 Å². The highest BCUT2D eigenvalue weighted by Crippen LogP contribution is 2.26. The SMILES string of the molecule is COc1ccc(Cc2cn(C)c3ccccc23)cc1C(=O)NS(=O)(=O)c1ccccc1C. The number of aryl methyl sites for hydroxylation is 2. The monoisotopic (exact) mass is 448 g/mol. The van der Waals surface area contributed by atoms with Crippen LogP contribution in [0.3, 0.4) is 0 Å². The van der Waals surface area contributed by atoms with Gasteiger partial charge in [-0.2, -0.15) is 0 Å². The van der Waals surface area contributed by atoms with E-state index in [2.05, 4.69) is 27.6 Å². The van der Waals surface area contributed by atoms with Crippen molar-refractivity contribution in [2.75, 3.05) is 7.11 Å². The molecule has 0 aliphatic rings. The van der Waals surface area contributed by atoms with Gasteiger partial charge in [-0.05, 0) is 54.3 Å². The van der Waals surface area contributed by atoms with E-state index in [9.17, 15) is 13.2 Å². The number of nitrogens with zero attached hydrogens (tertiary/aromatic N) is 1. The van der Waals surface area contributed by atoms with Gasteiger partial charge in [-0.15, -0.1) is 0 Å². The molecule has 3 aromatic carbocycles. The minimum absolute atomic E-state index is 0.0687. The minimum atomic E-state index is -4.02. The summed E-state index contributed by atoms with van der Waals surface area (Å²) in [5.41, 5.74) is 3.85. The lowest BCUT2D eigenvalue weighted by Gasteiger charge is -2.13. The van der Waals surface area contributed by atoms with Gasteiger partial charge in [0.2, 0.25) is 0 Å². The molecule has 1 N–H and O–H groups in total. The van der Waals surface area contributed by atoms with Crippen LogP contribution in [0.5, 0.6) is 5.75 Å². The number of rotatable bonds is 6. The zero-order valence-electron chi connectivity index (χ0n) is 18.1. The lowest BCUT2D eigenvalue weighted by molar-refractivity contribution is 0.0978. The Balaban J connectivity index is 1.66. The summed E-state index contributed by atoms with van der Waals surface area (Å²) in [6.45, 7) is 1.68. The normalized spacial score (nSPS) is 11.5. The third kappa shape index (κ3) is 4.11. The minimum Gasteiger partial charge on any atom is -0.496 e. The molecule has 0 bridgehead atoms. The average molecular weight is 449 g/mol. The van der Waals surface area contributed by atoms with E-state index < -0.39 is 15.9 Å². The third-order valence-corrected chi connectivity index (χ3v) is 6.98. The Morgan fingerprint density at radius 2 is 1.75 bits per heavy atom. The van der Waals surface area contributed by atoms with E-state index in [-0.39, 0.29) is 10.5 Å². The summed E-state index contributed by atoms with van der Waals surface area (Å²) in [5.74, 6) is -0.422. The van der Waals surface area contributed by atoms with E-state index >= 15 is 0 Å². The largest absolute Gasteiger partial charge is 0.496 e. The Morgan fingerprint density at radius 1 is 1.03 bits per heavy atom. The van der Waals surface area contributed by atoms with Crippen LogP contribution in [-0.4, -0.2) is 26.0 Å². The summed E-state index contributed by atoms with van der Waals surface area (Å²) < 4.78 is 35.1. The molecule has 0 aliphatic heterocycles. The molecule has 0 unspecified atom stereocenters. The summed E-state index contributed by atoms with van der Waals surface area (Å²) in [5, 5.41) is 1.14. The molecule has 4 aromatic rings. The number of benzene rings is 3. The molecule has 0 atom stereocenters. The standard InChI is InChI=1S/C25H24N2O4S/c1-17-8-4-7-11-24(17)32(29,30)26-25(28)21-15-18(12-13-23(21)31-3)14-19-16-27(2)22-10-6-5-9-20(19)22/h4-13,15-16H,14H2,1-3H3,(H,26,28). The molecule has 0 fully saturated rings. The highest BCUT2D eigenvalue weighted by Gasteiger charge is 2.23. The van der Waals surface area contributed by atoms with Crippen LogP contribution in [-0.2, 0) is 23.5 Å². The van der Waals surface area contributed by atoms with Gasteiger partial charge >= 0.3 is 0 Å². The first-order chi connectivity index (χ1) is 15.3. The van der Waals surface area contributed by atoms with Crippen molar-refractivity contribution in [2.45, 2.75) is 18.2 Å². The summed E-state index contributed by atoms with van der Waals surface area (Å²) in [4.78, 5) is 13.0. The predicted molar refractivity (Wildman–Crippen MR) is 125 cm³/mol. The number of carbonyl (C=O) groups excluding carboxylic acids is 1. The van der Waals surface area contributed by atoms with Crippen molar-refractivity contribution >= 4 is 26.8 Å². The second-order valence-corrected chi connectivity index (χ2v) is 9.34. The average Bonchev–Trinajstić information content (AvgIpc) is 3.09. The molecule has 1 heterocycles. The smallest absolute Gasteiger partial charge is 0.268 e. The van der Waals surface area contributed by atoms with Gasteiger partial charge < -0.3 is 9.30 Å². The summed E-state index contributed by atoms with van der Waals surface area (Å²) in [6.07, 6.45) is 2.66. The number of aromatic nitrogens is 1. The molecule has 1 aromatic heterocycles. The van der Waals surface area contributed by atoms with Gasteiger partial charge in [-0.3, -0.25) is 4.79 Å². The van der Waals surface area contributed by atoms with E-state index in [1.165, 1.54) is 13.2 Å².